The smallest absolute Gasteiger partial charge is 0.124 e. The van der Waals surface area contributed by atoms with E-state index in [-0.39, 0.29) is 5.82 Å². The molecule has 0 radical (unpaired) electrons. The van der Waals surface area contributed by atoms with Crippen molar-refractivity contribution in [2.45, 2.75) is 31.2 Å². The monoisotopic (exact) mass is 309 g/mol. The highest BCUT2D eigenvalue weighted by Crippen LogP contribution is 2.27. The van der Waals surface area contributed by atoms with E-state index in [9.17, 15) is 4.39 Å². The van der Waals surface area contributed by atoms with Crippen LogP contribution in [0.5, 0.6) is 0 Å². The zero-order valence-electron chi connectivity index (χ0n) is 11.9. The van der Waals surface area contributed by atoms with Gasteiger partial charge in [0.2, 0.25) is 0 Å². The molecule has 0 fully saturated rings. The number of aryl methyl sites for hydroxylation is 1. The zero-order valence-corrected chi connectivity index (χ0v) is 13.5. The van der Waals surface area contributed by atoms with Crippen LogP contribution in [0.4, 0.5) is 4.39 Å². The highest BCUT2D eigenvalue weighted by atomic mass is 32.2. The van der Waals surface area contributed by atoms with Crippen molar-refractivity contribution in [3.05, 3.63) is 52.0 Å². The fourth-order valence-corrected chi connectivity index (χ4v) is 3.77. The third kappa shape index (κ3) is 4.62. The van der Waals surface area contributed by atoms with Crippen LogP contribution in [0.15, 0.2) is 40.6 Å². The minimum atomic E-state index is -0.167. The Morgan fingerprint density at radius 1 is 1.35 bits per heavy atom. The lowest BCUT2D eigenvalue weighted by atomic mass is 10.1. The Morgan fingerprint density at radius 2 is 2.20 bits per heavy atom. The molecule has 0 saturated heterocycles. The summed E-state index contributed by atoms with van der Waals surface area (Å²) in [6, 6.07) is 9.38. The van der Waals surface area contributed by atoms with Crippen molar-refractivity contribution in [2.75, 3.05) is 12.3 Å². The Bertz CT molecular complexity index is 539. The fraction of sp³-hybridized carbons (Fsp3) is 0.375. The van der Waals surface area contributed by atoms with E-state index in [1.807, 2.05) is 6.07 Å². The number of hydrogen-bond acceptors (Lipinski definition) is 3. The van der Waals surface area contributed by atoms with Gasteiger partial charge < -0.3 is 5.32 Å². The number of benzene rings is 1. The van der Waals surface area contributed by atoms with Crippen molar-refractivity contribution in [1.82, 2.24) is 5.32 Å². The van der Waals surface area contributed by atoms with Crippen LogP contribution in [0.1, 0.15) is 29.8 Å². The van der Waals surface area contributed by atoms with Gasteiger partial charge in [-0.25, -0.2) is 4.39 Å². The maximum absolute atomic E-state index is 13.2. The molecule has 0 aliphatic heterocycles. The van der Waals surface area contributed by atoms with Gasteiger partial charge in [-0.1, -0.05) is 13.0 Å². The van der Waals surface area contributed by atoms with Crippen LogP contribution in [-0.2, 0) is 0 Å². The molecule has 20 heavy (non-hydrogen) atoms. The van der Waals surface area contributed by atoms with Gasteiger partial charge in [0.15, 0.2) is 0 Å². The first kappa shape index (κ1) is 15.5. The molecule has 0 aliphatic carbocycles. The van der Waals surface area contributed by atoms with Crippen LogP contribution < -0.4 is 5.32 Å². The second-order valence-electron chi connectivity index (χ2n) is 4.77. The Balaban J connectivity index is 2.00. The average Bonchev–Trinajstić information content (AvgIpc) is 2.85. The first-order chi connectivity index (χ1) is 9.69. The van der Waals surface area contributed by atoms with E-state index >= 15 is 0 Å². The third-order valence-corrected chi connectivity index (χ3v) is 4.97. The van der Waals surface area contributed by atoms with Crippen LogP contribution >= 0.6 is 23.1 Å². The Hall–Kier alpha value is -0.840. The van der Waals surface area contributed by atoms with E-state index in [0.29, 0.717) is 6.04 Å². The second kappa shape index (κ2) is 7.81. The summed E-state index contributed by atoms with van der Waals surface area (Å²) >= 11 is 3.48. The zero-order chi connectivity index (χ0) is 14.4. The molecule has 0 spiro atoms. The summed E-state index contributed by atoms with van der Waals surface area (Å²) in [5.74, 6) is 0.749. The molecular weight excluding hydrogens is 289 g/mol. The summed E-state index contributed by atoms with van der Waals surface area (Å²) in [7, 11) is 0. The van der Waals surface area contributed by atoms with Gasteiger partial charge in [0.05, 0.1) is 0 Å². The summed E-state index contributed by atoms with van der Waals surface area (Å²) < 4.78 is 13.2. The fourth-order valence-electron chi connectivity index (χ4n) is 1.97. The van der Waals surface area contributed by atoms with E-state index < -0.39 is 0 Å². The lowest BCUT2D eigenvalue weighted by molar-refractivity contribution is 0.578. The number of thiophene rings is 1. The summed E-state index contributed by atoms with van der Waals surface area (Å²) in [6.45, 7) is 5.30. The van der Waals surface area contributed by atoms with Crippen LogP contribution in [-0.4, -0.2) is 12.3 Å². The third-order valence-electron chi connectivity index (χ3n) is 3.01. The van der Waals surface area contributed by atoms with Crippen molar-refractivity contribution in [1.29, 1.82) is 0 Å². The molecular formula is C16H20FNS2. The van der Waals surface area contributed by atoms with Gasteiger partial charge in [-0.05, 0) is 55.1 Å². The predicted octanol–water partition coefficient (Wildman–Crippen LogP) is 5.03. The van der Waals surface area contributed by atoms with Gasteiger partial charge in [0.25, 0.3) is 0 Å². The van der Waals surface area contributed by atoms with Gasteiger partial charge in [0, 0.05) is 21.6 Å². The minimum absolute atomic E-state index is 0.167. The molecule has 108 valence electrons. The molecule has 0 bridgehead atoms. The van der Waals surface area contributed by atoms with E-state index in [4.69, 9.17) is 0 Å². The van der Waals surface area contributed by atoms with Gasteiger partial charge in [-0.2, -0.15) is 0 Å². The average molecular weight is 309 g/mol. The quantitative estimate of drug-likeness (QED) is 0.720. The highest BCUT2D eigenvalue weighted by Gasteiger charge is 2.12. The van der Waals surface area contributed by atoms with Gasteiger partial charge >= 0.3 is 0 Å². The van der Waals surface area contributed by atoms with Crippen molar-refractivity contribution in [3.8, 4) is 0 Å². The maximum Gasteiger partial charge on any atom is 0.124 e. The lowest BCUT2D eigenvalue weighted by Gasteiger charge is -2.17. The largest absolute Gasteiger partial charge is 0.309 e. The van der Waals surface area contributed by atoms with Crippen LogP contribution in [0.25, 0.3) is 0 Å². The van der Waals surface area contributed by atoms with Gasteiger partial charge in [-0.15, -0.1) is 23.1 Å². The molecule has 1 aromatic heterocycles. The Labute approximate surface area is 128 Å². The minimum Gasteiger partial charge on any atom is -0.309 e. The van der Waals surface area contributed by atoms with Crippen LogP contribution in [0.3, 0.4) is 0 Å². The topological polar surface area (TPSA) is 12.0 Å². The number of hydrogen-bond donors (Lipinski definition) is 1. The maximum atomic E-state index is 13.2. The Kier molecular flexibility index (Phi) is 6.07. The normalized spacial score (nSPS) is 12.6. The van der Waals surface area contributed by atoms with E-state index in [2.05, 4.69) is 30.6 Å². The molecule has 1 unspecified atom stereocenters. The van der Waals surface area contributed by atoms with Crippen molar-refractivity contribution in [3.63, 3.8) is 0 Å². The summed E-state index contributed by atoms with van der Waals surface area (Å²) in [5.41, 5.74) is 1.34. The van der Waals surface area contributed by atoms with Crippen molar-refractivity contribution in [2.24, 2.45) is 0 Å². The van der Waals surface area contributed by atoms with E-state index in [1.165, 1.54) is 16.5 Å². The van der Waals surface area contributed by atoms with Crippen LogP contribution in [0, 0.1) is 12.7 Å². The molecule has 2 rings (SSSR count). The van der Waals surface area contributed by atoms with Crippen molar-refractivity contribution < 1.29 is 4.39 Å². The van der Waals surface area contributed by atoms with E-state index in [0.717, 1.165) is 23.6 Å². The Morgan fingerprint density at radius 3 is 2.85 bits per heavy atom. The van der Waals surface area contributed by atoms with Gasteiger partial charge in [0.1, 0.15) is 5.82 Å². The first-order valence-electron chi connectivity index (χ1n) is 6.86. The first-order valence-corrected chi connectivity index (χ1v) is 8.72. The molecule has 1 N–H and O–H groups in total. The van der Waals surface area contributed by atoms with Crippen molar-refractivity contribution >= 4 is 23.1 Å². The SMILES string of the molecule is CCCNC(CSc1cccc(F)c1)c1csc(C)c1. The second-order valence-corrected chi connectivity index (χ2v) is 6.97. The van der Waals surface area contributed by atoms with Gasteiger partial charge in [-0.3, -0.25) is 0 Å². The number of halogens is 1. The summed E-state index contributed by atoms with van der Waals surface area (Å²) in [5, 5.41) is 5.79. The number of rotatable bonds is 7. The molecule has 0 aliphatic rings. The lowest BCUT2D eigenvalue weighted by Crippen LogP contribution is -2.23. The summed E-state index contributed by atoms with van der Waals surface area (Å²) in [4.78, 5) is 2.32. The number of nitrogens with one attached hydrogen (secondary N) is 1. The van der Waals surface area contributed by atoms with E-state index in [1.54, 1.807) is 35.2 Å². The highest BCUT2D eigenvalue weighted by molar-refractivity contribution is 7.99. The standard InChI is InChI=1S/C16H20FNS2/c1-3-7-18-16(13-8-12(2)19-10-13)11-20-15-6-4-5-14(17)9-15/h4-6,8-10,16,18H,3,7,11H2,1-2H3. The molecule has 1 heterocycles. The number of thioether (sulfide) groups is 1. The summed E-state index contributed by atoms with van der Waals surface area (Å²) in [6.07, 6.45) is 1.12. The molecule has 0 saturated carbocycles. The molecule has 1 atom stereocenters. The van der Waals surface area contributed by atoms with Crippen LogP contribution in [0.2, 0.25) is 0 Å². The molecule has 0 amide bonds. The predicted molar refractivity (Wildman–Crippen MR) is 87.2 cm³/mol. The molecule has 4 heteroatoms. The molecule has 2 aromatic rings. The molecule has 1 nitrogen and oxygen atoms in total. The molecule has 1 aromatic carbocycles.